The van der Waals surface area contributed by atoms with Crippen LogP contribution in [-0.4, -0.2) is 60.1 Å². The molecule has 10 heteroatoms. The molecular formula is C17H25N3O5S2. The molecule has 3 rings (SSSR count). The van der Waals surface area contributed by atoms with E-state index in [0.29, 0.717) is 31.9 Å². The number of carbonyl (C=O) groups excluding carboxylic acids is 1. The monoisotopic (exact) mass is 415 g/mol. The molecule has 1 aliphatic heterocycles. The first-order valence-corrected chi connectivity index (χ1v) is 12.4. The number of hydrogen-bond donors (Lipinski definition) is 1. The molecule has 150 valence electrons. The fourth-order valence-electron chi connectivity index (χ4n) is 3.83. The zero-order valence-corrected chi connectivity index (χ0v) is 16.9. The number of piperazine rings is 1. The third-order valence-corrected chi connectivity index (χ3v) is 7.33. The van der Waals surface area contributed by atoms with Gasteiger partial charge >= 0.3 is 0 Å². The quantitative estimate of drug-likeness (QED) is 0.768. The van der Waals surface area contributed by atoms with E-state index < -0.39 is 19.9 Å². The molecule has 1 aromatic carbocycles. The average Bonchev–Trinajstić information content (AvgIpc) is 3.14. The predicted molar refractivity (Wildman–Crippen MR) is 102 cm³/mol. The summed E-state index contributed by atoms with van der Waals surface area (Å²) >= 11 is 0. The summed E-state index contributed by atoms with van der Waals surface area (Å²) < 4.78 is 47.5. The first-order chi connectivity index (χ1) is 12.6. The van der Waals surface area contributed by atoms with E-state index in [1.165, 1.54) is 12.1 Å². The molecular weight excluding hydrogens is 390 g/mol. The second kappa shape index (κ2) is 7.40. The van der Waals surface area contributed by atoms with Gasteiger partial charge in [-0.3, -0.25) is 4.79 Å². The van der Waals surface area contributed by atoms with Crippen LogP contribution in [0.3, 0.4) is 0 Å². The Bertz CT molecular complexity index is 929. The minimum absolute atomic E-state index is 0.0652. The smallest absolute Gasteiger partial charge is 0.238 e. The average molecular weight is 416 g/mol. The van der Waals surface area contributed by atoms with Crippen LogP contribution in [0.2, 0.25) is 0 Å². The third-order valence-electron chi connectivity index (χ3n) is 5.30. The number of hydrogen-bond acceptors (Lipinski definition) is 6. The zero-order valence-electron chi connectivity index (χ0n) is 15.3. The fraction of sp³-hybridized carbons (Fsp3) is 0.588. The molecule has 1 saturated heterocycles. The van der Waals surface area contributed by atoms with Crippen LogP contribution in [0.4, 0.5) is 5.69 Å². The lowest BCUT2D eigenvalue weighted by molar-refractivity contribution is -0.135. The minimum Gasteiger partial charge on any atom is -0.367 e. The molecule has 0 bridgehead atoms. The summed E-state index contributed by atoms with van der Waals surface area (Å²) in [4.78, 5) is 16.0. The second-order valence-electron chi connectivity index (χ2n) is 7.24. The fourth-order valence-corrected chi connectivity index (χ4v) is 5.36. The van der Waals surface area contributed by atoms with E-state index >= 15 is 0 Å². The number of anilines is 1. The van der Waals surface area contributed by atoms with Gasteiger partial charge in [-0.1, -0.05) is 12.8 Å². The Morgan fingerprint density at radius 1 is 1.04 bits per heavy atom. The number of rotatable bonds is 4. The summed E-state index contributed by atoms with van der Waals surface area (Å²) in [5.74, 6) is 0.317. The molecule has 1 aliphatic carbocycles. The molecule has 27 heavy (non-hydrogen) atoms. The lowest BCUT2D eigenvalue weighted by Crippen LogP contribution is -2.50. The molecule has 2 N–H and O–H groups in total. The lowest BCUT2D eigenvalue weighted by Gasteiger charge is -2.37. The van der Waals surface area contributed by atoms with Crippen molar-refractivity contribution in [3.8, 4) is 0 Å². The van der Waals surface area contributed by atoms with E-state index in [0.717, 1.165) is 38.0 Å². The van der Waals surface area contributed by atoms with Gasteiger partial charge in [0, 0.05) is 38.4 Å². The first-order valence-electron chi connectivity index (χ1n) is 8.98. The van der Waals surface area contributed by atoms with Crippen molar-refractivity contribution < 1.29 is 21.6 Å². The molecule has 1 saturated carbocycles. The number of carbonyl (C=O) groups is 1. The highest BCUT2D eigenvalue weighted by Crippen LogP contribution is 2.30. The van der Waals surface area contributed by atoms with Crippen LogP contribution < -0.4 is 10.0 Å². The third kappa shape index (κ3) is 4.44. The summed E-state index contributed by atoms with van der Waals surface area (Å²) in [5.41, 5.74) is 0.442. The number of benzene rings is 1. The summed E-state index contributed by atoms with van der Waals surface area (Å²) in [6, 6.07) is 3.90. The zero-order chi connectivity index (χ0) is 19.8. The first kappa shape index (κ1) is 20.1. The Morgan fingerprint density at radius 3 is 2.15 bits per heavy atom. The van der Waals surface area contributed by atoms with Crippen molar-refractivity contribution in [1.82, 2.24) is 4.90 Å². The molecule has 2 aliphatic rings. The van der Waals surface area contributed by atoms with E-state index in [2.05, 4.69) is 0 Å². The van der Waals surface area contributed by atoms with Gasteiger partial charge in [0.05, 0.1) is 15.5 Å². The predicted octanol–water partition coefficient (Wildman–Crippen LogP) is 0.576. The number of nitrogens with zero attached hydrogens (tertiary/aromatic N) is 2. The SMILES string of the molecule is CS(=O)(=O)c1cc(S(N)(=O)=O)ccc1N1CCN(C(=O)C2CCCC2)CC1. The maximum Gasteiger partial charge on any atom is 0.238 e. The number of sulfonamides is 1. The van der Waals surface area contributed by atoms with Crippen molar-refractivity contribution >= 4 is 31.5 Å². The van der Waals surface area contributed by atoms with Crippen molar-refractivity contribution in [3.05, 3.63) is 18.2 Å². The van der Waals surface area contributed by atoms with E-state index in [1.54, 1.807) is 0 Å². The largest absolute Gasteiger partial charge is 0.367 e. The molecule has 0 aromatic heterocycles. The second-order valence-corrected chi connectivity index (χ2v) is 10.8. The molecule has 0 radical (unpaired) electrons. The number of nitrogens with two attached hydrogens (primary N) is 1. The van der Waals surface area contributed by atoms with Crippen LogP contribution in [0.15, 0.2) is 28.0 Å². The lowest BCUT2D eigenvalue weighted by atomic mass is 10.1. The summed E-state index contributed by atoms with van der Waals surface area (Å²) in [7, 11) is -7.65. The molecule has 0 atom stereocenters. The highest BCUT2D eigenvalue weighted by atomic mass is 32.2. The van der Waals surface area contributed by atoms with Crippen LogP contribution in [-0.2, 0) is 24.7 Å². The van der Waals surface area contributed by atoms with E-state index in [-0.39, 0.29) is 21.6 Å². The van der Waals surface area contributed by atoms with Crippen molar-refractivity contribution in [2.24, 2.45) is 11.1 Å². The Balaban J connectivity index is 1.80. The molecule has 8 nitrogen and oxygen atoms in total. The van der Waals surface area contributed by atoms with Crippen molar-refractivity contribution in [2.45, 2.75) is 35.5 Å². The van der Waals surface area contributed by atoms with Gasteiger partial charge in [-0.25, -0.2) is 22.0 Å². The highest BCUT2D eigenvalue weighted by Gasteiger charge is 2.30. The van der Waals surface area contributed by atoms with Crippen LogP contribution in [0, 0.1) is 5.92 Å². The van der Waals surface area contributed by atoms with Crippen LogP contribution in [0.5, 0.6) is 0 Å². The number of amides is 1. The van der Waals surface area contributed by atoms with Gasteiger partial charge in [0.1, 0.15) is 0 Å². The number of primary sulfonamides is 1. The van der Waals surface area contributed by atoms with Gasteiger partial charge < -0.3 is 9.80 Å². The van der Waals surface area contributed by atoms with Crippen LogP contribution in [0.25, 0.3) is 0 Å². The minimum atomic E-state index is -4.00. The van der Waals surface area contributed by atoms with Gasteiger partial charge in [0.15, 0.2) is 9.84 Å². The Labute approximate surface area is 160 Å². The van der Waals surface area contributed by atoms with E-state index in [1.807, 2.05) is 9.80 Å². The van der Waals surface area contributed by atoms with E-state index in [4.69, 9.17) is 5.14 Å². The topological polar surface area (TPSA) is 118 Å². The van der Waals surface area contributed by atoms with Gasteiger partial charge in [-0.15, -0.1) is 0 Å². The maximum absolute atomic E-state index is 12.6. The normalized spacial score (nSPS) is 19.5. The molecule has 0 spiro atoms. The maximum atomic E-state index is 12.6. The standard InChI is InChI=1S/C17H25N3O5S2/c1-26(22,23)16-12-14(27(18,24)25)6-7-15(16)19-8-10-20(11-9-19)17(21)13-4-2-3-5-13/h6-7,12-13H,2-5,8-11H2,1H3,(H2,18,24,25). The van der Waals surface area contributed by atoms with Crippen LogP contribution in [0.1, 0.15) is 25.7 Å². The van der Waals surface area contributed by atoms with Crippen molar-refractivity contribution in [3.63, 3.8) is 0 Å². The molecule has 0 unspecified atom stereocenters. The highest BCUT2D eigenvalue weighted by molar-refractivity contribution is 7.91. The molecule has 1 aromatic rings. The molecule has 1 heterocycles. The Hall–Kier alpha value is -1.65. The van der Waals surface area contributed by atoms with Gasteiger partial charge in [-0.05, 0) is 31.0 Å². The molecule has 2 fully saturated rings. The Kier molecular flexibility index (Phi) is 5.51. The summed E-state index contributed by atoms with van der Waals surface area (Å²) in [5, 5.41) is 5.13. The van der Waals surface area contributed by atoms with Gasteiger partial charge in [0.2, 0.25) is 15.9 Å². The van der Waals surface area contributed by atoms with Gasteiger partial charge in [0.25, 0.3) is 0 Å². The van der Waals surface area contributed by atoms with Crippen molar-refractivity contribution in [1.29, 1.82) is 0 Å². The summed E-state index contributed by atoms with van der Waals surface area (Å²) in [6.45, 7) is 2.04. The molecule has 1 amide bonds. The van der Waals surface area contributed by atoms with Gasteiger partial charge in [-0.2, -0.15) is 0 Å². The van der Waals surface area contributed by atoms with Crippen LogP contribution >= 0.6 is 0 Å². The number of sulfone groups is 1. The Morgan fingerprint density at radius 2 is 1.63 bits per heavy atom. The van der Waals surface area contributed by atoms with E-state index in [9.17, 15) is 21.6 Å². The summed E-state index contributed by atoms with van der Waals surface area (Å²) in [6.07, 6.45) is 5.15. The van der Waals surface area contributed by atoms with Crippen molar-refractivity contribution in [2.75, 3.05) is 37.3 Å².